The molecule has 0 saturated heterocycles. The number of nitrogens with zero attached hydrogens (tertiary/aromatic N) is 1. The van der Waals surface area contributed by atoms with E-state index in [4.69, 9.17) is 11.5 Å². The van der Waals surface area contributed by atoms with Crippen molar-refractivity contribution in [1.82, 2.24) is 10.2 Å². The summed E-state index contributed by atoms with van der Waals surface area (Å²) in [5.41, 5.74) is 0. The molecule has 1 amide bonds. The summed E-state index contributed by atoms with van der Waals surface area (Å²) in [6.07, 6.45) is 5.92. The molecule has 0 bridgehead atoms. The van der Waals surface area contributed by atoms with Crippen LogP contribution in [0.4, 0.5) is 0 Å². The number of hydrogen-bond acceptors (Lipinski definition) is 3. The molecule has 0 radical (unpaired) electrons. The van der Waals surface area contributed by atoms with Crippen LogP contribution in [-0.4, -0.2) is 48.7 Å². The number of nitrogens with one attached hydrogen (secondary N) is 1. The normalized spacial score (nSPS) is 9.50. The summed E-state index contributed by atoms with van der Waals surface area (Å²) < 4.78 is 0. The lowest BCUT2D eigenvalue weighted by Gasteiger charge is -2.20. The summed E-state index contributed by atoms with van der Waals surface area (Å²) in [5.74, 6) is 2.38. The molecule has 0 unspecified atom stereocenters. The molecule has 0 heterocycles. The van der Waals surface area contributed by atoms with Crippen LogP contribution >= 0.6 is 0 Å². The van der Waals surface area contributed by atoms with Crippen molar-refractivity contribution in [2.24, 2.45) is 0 Å². The van der Waals surface area contributed by atoms with Crippen LogP contribution in [0.15, 0.2) is 0 Å². The third kappa shape index (κ3) is 5.57. The molecular formula is C10H18N2O2. The smallest absolute Gasteiger partial charge is 0.236 e. The van der Waals surface area contributed by atoms with Gasteiger partial charge in [-0.25, -0.2) is 0 Å². The lowest BCUT2D eigenvalue weighted by atomic mass is 10.3. The molecular weight excluding hydrogens is 180 g/mol. The fourth-order valence-corrected chi connectivity index (χ4v) is 1.11. The predicted octanol–water partition coefficient (Wildman–Crippen LogP) is -0.560. The van der Waals surface area contributed by atoms with Crippen LogP contribution in [0.5, 0.6) is 0 Å². The number of amides is 1. The Bertz CT molecular complexity index is 193. The monoisotopic (exact) mass is 198 g/mol. The average molecular weight is 198 g/mol. The zero-order chi connectivity index (χ0) is 10.8. The van der Waals surface area contributed by atoms with Gasteiger partial charge in [-0.05, 0) is 6.42 Å². The number of terminal acetylenes is 1. The molecule has 0 saturated carbocycles. The van der Waals surface area contributed by atoms with Gasteiger partial charge in [-0.15, -0.1) is 6.42 Å². The second-order valence-corrected chi connectivity index (χ2v) is 2.91. The van der Waals surface area contributed by atoms with Crippen molar-refractivity contribution in [3.63, 3.8) is 0 Å². The van der Waals surface area contributed by atoms with Crippen molar-refractivity contribution >= 4 is 5.91 Å². The van der Waals surface area contributed by atoms with Crippen LogP contribution < -0.4 is 5.32 Å². The molecule has 0 aromatic carbocycles. The van der Waals surface area contributed by atoms with Gasteiger partial charge in [0.1, 0.15) is 0 Å². The Kier molecular flexibility index (Phi) is 7.90. The molecule has 0 fully saturated rings. The fraction of sp³-hybridized carbons (Fsp3) is 0.700. The highest BCUT2D eigenvalue weighted by molar-refractivity contribution is 5.78. The number of carbonyl (C=O) groups excluding carboxylic acids is 1. The van der Waals surface area contributed by atoms with E-state index in [1.54, 1.807) is 4.90 Å². The van der Waals surface area contributed by atoms with Crippen molar-refractivity contribution in [1.29, 1.82) is 0 Å². The Hall–Kier alpha value is -1.05. The molecule has 2 N–H and O–H groups in total. The fourth-order valence-electron chi connectivity index (χ4n) is 1.11. The topological polar surface area (TPSA) is 52.6 Å². The second kappa shape index (κ2) is 8.54. The first kappa shape index (κ1) is 12.9. The summed E-state index contributed by atoms with van der Waals surface area (Å²) in [6, 6.07) is 0. The number of aliphatic hydroxyl groups is 1. The van der Waals surface area contributed by atoms with Gasteiger partial charge >= 0.3 is 0 Å². The van der Waals surface area contributed by atoms with Gasteiger partial charge in [0.05, 0.1) is 19.7 Å². The molecule has 4 heteroatoms. The van der Waals surface area contributed by atoms with Crippen molar-refractivity contribution in [3.8, 4) is 12.3 Å². The Balaban J connectivity index is 3.83. The van der Waals surface area contributed by atoms with Gasteiger partial charge < -0.3 is 10.0 Å². The van der Waals surface area contributed by atoms with E-state index < -0.39 is 0 Å². The Morgan fingerprint density at radius 1 is 1.57 bits per heavy atom. The number of carbonyl (C=O) groups is 1. The summed E-state index contributed by atoms with van der Waals surface area (Å²) in [5, 5.41) is 11.6. The minimum Gasteiger partial charge on any atom is -0.395 e. The Morgan fingerprint density at radius 3 is 2.79 bits per heavy atom. The van der Waals surface area contributed by atoms with E-state index >= 15 is 0 Å². The van der Waals surface area contributed by atoms with E-state index in [-0.39, 0.29) is 19.1 Å². The molecule has 0 aromatic heterocycles. The van der Waals surface area contributed by atoms with Crippen molar-refractivity contribution in [2.75, 3.05) is 32.8 Å². The molecule has 0 aliphatic rings. The minimum absolute atomic E-state index is 0.000872. The molecule has 0 aromatic rings. The second-order valence-electron chi connectivity index (χ2n) is 2.91. The zero-order valence-corrected chi connectivity index (χ0v) is 8.62. The first-order valence-corrected chi connectivity index (χ1v) is 4.79. The predicted molar refractivity (Wildman–Crippen MR) is 55.7 cm³/mol. The van der Waals surface area contributed by atoms with Crippen molar-refractivity contribution in [2.45, 2.75) is 13.3 Å². The van der Waals surface area contributed by atoms with Crippen LogP contribution in [0.2, 0.25) is 0 Å². The molecule has 14 heavy (non-hydrogen) atoms. The SMILES string of the molecule is C#CCNCC(=O)N(CCC)CCO. The first-order chi connectivity index (χ1) is 6.76. The minimum atomic E-state index is -0.0175. The van der Waals surface area contributed by atoms with Gasteiger partial charge in [0.2, 0.25) is 5.91 Å². The summed E-state index contributed by atoms with van der Waals surface area (Å²) >= 11 is 0. The van der Waals surface area contributed by atoms with Crippen LogP contribution in [-0.2, 0) is 4.79 Å². The standard InChI is InChI=1S/C10H18N2O2/c1-3-5-11-9-10(14)12(6-4-2)7-8-13/h1,11,13H,4-9H2,2H3. The molecule has 0 aliphatic carbocycles. The zero-order valence-electron chi connectivity index (χ0n) is 8.62. The maximum absolute atomic E-state index is 11.5. The maximum Gasteiger partial charge on any atom is 0.236 e. The molecule has 0 atom stereocenters. The van der Waals surface area contributed by atoms with Gasteiger partial charge in [0.25, 0.3) is 0 Å². The Labute approximate surface area is 85.3 Å². The van der Waals surface area contributed by atoms with Crippen LogP contribution in [0, 0.1) is 12.3 Å². The van der Waals surface area contributed by atoms with Gasteiger partial charge in [-0.2, -0.15) is 0 Å². The lowest BCUT2D eigenvalue weighted by molar-refractivity contribution is -0.130. The highest BCUT2D eigenvalue weighted by Gasteiger charge is 2.10. The molecule has 80 valence electrons. The van der Waals surface area contributed by atoms with E-state index in [9.17, 15) is 4.79 Å². The molecule has 4 nitrogen and oxygen atoms in total. The van der Waals surface area contributed by atoms with Crippen LogP contribution in [0.3, 0.4) is 0 Å². The molecule has 0 rings (SSSR count). The molecule has 0 aliphatic heterocycles. The summed E-state index contributed by atoms with van der Waals surface area (Å²) in [6.45, 7) is 3.70. The van der Waals surface area contributed by atoms with E-state index in [1.807, 2.05) is 6.92 Å². The van der Waals surface area contributed by atoms with E-state index in [1.165, 1.54) is 0 Å². The van der Waals surface area contributed by atoms with Crippen LogP contribution in [0.25, 0.3) is 0 Å². The van der Waals surface area contributed by atoms with Crippen molar-refractivity contribution in [3.05, 3.63) is 0 Å². The van der Waals surface area contributed by atoms with Gasteiger partial charge in [-0.1, -0.05) is 12.8 Å². The quantitative estimate of drug-likeness (QED) is 0.426. The lowest BCUT2D eigenvalue weighted by Crippen LogP contribution is -2.40. The van der Waals surface area contributed by atoms with E-state index in [0.29, 0.717) is 19.6 Å². The third-order valence-electron chi connectivity index (χ3n) is 1.72. The van der Waals surface area contributed by atoms with Gasteiger partial charge in [0.15, 0.2) is 0 Å². The van der Waals surface area contributed by atoms with Crippen LogP contribution in [0.1, 0.15) is 13.3 Å². The van der Waals surface area contributed by atoms with Gasteiger partial charge in [0, 0.05) is 13.1 Å². The number of hydrogen-bond donors (Lipinski definition) is 2. The average Bonchev–Trinajstić information content (AvgIpc) is 2.18. The maximum atomic E-state index is 11.5. The van der Waals surface area contributed by atoms with Gasteiger partial charge in [-0.3, -0.25) is 10.1 Å². The first-order valence-electron chi connectivity index (χ1n) is 4.79. The molecule has 0 spiro atoms. The highest BCUT2D eigenvalue weighted by Crippen LogP contribution is 1.91. The van der Waals surface area contributed by atoms with E-state index in [2.05, 4.69) is 11.2 Å². The van der Waals surface area contributed by atoms with E-state index in [0.717, 1.165) is 6.42 Å². The summed E-state index contributed by atoms with van der Waals surface area (Å²) in [4.78, 5) is 13.1. The Morgan fingerprint density at radius 2 is 2.29 bits per heavy atom. The number of aliphatic hydroxyl groups excluding tert-OH is 1. The number of rotatable bonds is 7. The summed E-state index contributed by atoms with van der Waals surface area (Å²) in [7, 11) is 0. The largest absolute Gasteiger partial charge is 0.395 e. The highest BCUT2D eigenvalue weighted by atomic mass is 16.3. The van der Waals surface area contributed by atoms with Crippen molar-refractivity contribution < 1.29 is 9.90 Å². The third-order valence-corrected chi connectivity index (χ3v) is 1.72.